The van der Waals surface area contributed by atoms with Crippen molar-refractivity contribution in [1.29, 1.82) is 0 Å². The lowest BCUT2D eigenvalue weighted by Crippen LogP contribution is -2.45. The van der Waals surface area contributed by atoms with Gasteiger partial charge in [-0.25, -0.2) is 4.79 Å². The van der Waals surface area contributed by atoms with Crippen LogP contribution in [0.25, 0.3) is 0 Å². The number of carbonyl (C=O) groups excluding carboxylic acids is 2. The van der Waals surface area contributed by atoms with Crippen molar-refractivity contribution in [2.45, 2.75) is 26.8 Å². The van der Waals surface area contributed by atoms with Crippen molar-refractivity contribution >= 4 is 11.9 Å². The van der Waals surface area contributed by atoms with Crippen LogP contribution in [0.3, 0.4) is 0 Å². The van der Waals surface area contributed by atoms with Crippen LogP contribution in [0.2, 0.25) is 0 Å². The molecule has 0 spiro atoms. The van der Waals surface area contributed by atoms with Crippen molar-refractivity contribution in [3.05, 3.63) is 23.8 Å². The topological polar surface area (TPSA) is 73.9 Å². The molecule has 0 unspecified atom stereocenters. The first-order chi connectivity index (χ1) is 10.5. The minimum absolute atomic E-state index is 0.0836. The number of hydrogen-bond donors (Lipinski definition) is 1. The molecular formula is C16H21NO5. The first-order valence-electron chi connectivity index (χ1n) is 7.40. The van der Waals surface area contributed by atoms with Crippen LogP contribution in [0.1, 0.15) is 31.1 Å². The van der Waals surface area contributed by atoms with Gasteiger partial charge in [0.15, 0.2) is 11.5 Å². The minimum Gasteiger partial charge on any atom is -0.486 e. The van der Waals surface area contributed by atoms with Gasteiger partial charge < -0.3 is 19.5 Å². The highest BCUT2D eigenvalue weighted by molar-refractivity contribution is 5.99. The van der Waals surface area contributed by atoms with Crippen LogP contribution in [0.4, 0.5) is 0 Å². The SMILES string of the molecule is CCOC(=O)[C@@H](NC(=O)c1cccc2c1OCCO2)C(C)C. The lowest BCUT2D eigenvalue weighted by atomic mass is 10.0. The molecule has 1 heterocycles. The number of ether oxygens (including phenoxy) is 3. The third kappa shape index (κ3) is 3.50. The summed E-state index contributed by atoms with van der Waals surface area (Å²) in [5.41, 5.74) is 0.354. The fourth-order valence-electron chi connectivity index (χ4n) is 2.20. The van der Waals surface area contributed by atoms with Gasteiger partial charge >= 0.3 is 5.97 Å². The number of carbonyl (C=O) groups is 2. The molecule has 0 fully saturated rings. The lowest BCUT2D eigenvalue weighted by molar-refractivity contribution is -0.146. The molecule has 2 rings (SSSR count). The van der Waals surface area contributed by atoms with E-state index in [0.717, 1.165) is 0 Å². The van der Waals surface area contributed by atoms with E-state index in [1.165, 1.54) is 0 Å². The second-order valence-electron chi connectivity index (χ2n) is 5.28. The Kier molecular flexibility index (Phi) is 5.25. The van der Waals surface area contributed by atoms with Crippen LogP contribution in [0.15, 0.2) is 18.2 Å². The number of esters is 1. The summed E-state index contributed by atoms with van der Waals surface area (Å²) < 4.78 is 16.0. The Morgan fingerprint density at radius 1 is 1.27 bits per heavy atom. The quantitative estimate of drug-likeness (QED) is 0.839. The first kappa shape index (κ1) is 16.1. The number of hydrogen-bond acceptors (Lipinski definition) is 5. The van der Waals surface area contributed by atoms with E-state index >= 15 is 0 Å². The van der Waals surface area contributed by atoms with Crippen molar-refractivity contribution in [2.24, 2.45) is 5.92 Å². The Morgan fingerprint density at radius 2 is 2.00 bits per heavy atom. The summed E-state index contributed by atoms with van der Waals surface area (Å²) in [5.74, 6) is 0.0513. The minimum atomic E-state index is -0.701. The van der Waals surface area contributed by atoms with Crippen molar-refractivity contribution in [3.63, 3.8) is 0 Å². The van der Waals surface area contributed by atoms with Gasteiger partial charge in [0.2, 0.25) is 0 Å². The van der Waals surface area contributed by atoms with Crippen LogP contribution in [-0.2, 0) is 9.53 Å². The van der Waals surface area contributed by atoms with Crippen molar-refractivity contribution in [2.75, 3.05) is 19.8 Å². The number of nitrogens with one attached hydrogen (secondary N) is 1. The predicted octanol–water partition coefficient (Wildman–Crippen LogP) is 1.78. The molecular weight excluding hydrogens is 286 g/mol. The van der Waals surface area contributed by atoms with Gasteiger partial charge in [-0.15, -0.1) is 0 Å². The van der Waals surface area contributed by atoms with Gasteiger partial charge in [-0.05, 0) is 25.0 Å². The summed E-state index contributed by atoms with van der Waals surface area (Å²) in [6, 6.07) is 4.41. The molecule has 1 aromatic carbocycles. The summed E-state index contributed by atoms with van der Waals surface area (Å²) >= 11 is 0. The highest BCUT2D eigenvalue weighted by Crippen LogP contribution is 2.33. The molecule has 1 amide bonds. The van der Waals surface area contributed by atoms with Crippen molar-refractivity contribution in [1.82, 2.24) is 5.32 Å². The Balaban J connectivity index is 2.19. The largest absolute Gasteiger partial charge is 0.486 e. The standard InChI is InChI=1S/C16H21NO5/c1-4-20-16(19)13(10(2)3)17-15(18)11-6-5-7-12-14(11)22-9-8-21-12/h5-7,10,13H,4,8-9H2,1-3H3,(H,17,18)/t13-/m0/s1. The molecule has 6 nitrogen and oxygen atoms in total. The fourth-order valence-corrected chi connectivity index (χ4v) is 2.20. The maximum absolute atomic E-state index is 12.5. The number of benzene rings is 1. The molecule has 1 atom stereocenters. The summed E-state index contributed by atoms with van der Waals surface area (Å²) in [5, 5.41) is 2.72. The van der Waals surface area contributed by atoms with E-state index in [1.54, 1.807) is 25.1 Å². The average molecular weight is 307 g/mol. The second kappa shape index (κ2) is 7.15. The van der Waals surface area contributed by atoms with Gasteiger partial charge in [-0.1, -0.05) is 19.9 Å². The number of rotatable bonds is 5. The van der Waals surface area contributed by atoms with Gasteiger partial charge in [-0.2, -0.15) is 0 Å². The number of fused-ring (bicyclic) bond motifs is 1. The monoisotopic (exact) mass is 307 g/mol. The Bertz CT molecular complexity index is 555. The van der Waals surface area contributed by atoms with Gasteiger partial charge in [0.05, 0.1) is 12.2 Å². The van der Waals surface area contributed by atoms with Gasteiger partial charge in [0.1, 0.15) is 19.3 Å². The Hall–Kier alpha value is -2.24. The Labute approximate surface area is 129 Å². The third-order valence-electron chi connectivity index (χ3n) is 3.30. The normalized spacial score (nSPS) is 14.4. The third-order valence-corrected chi connectivity index (χ3v) is 3.30. The van der Waals surface area contributed by atoms with Crippen molar-refractivity contribution < 1.29 is 23.8 Å². The molecule has 1 aliphatic rings. The van der Waals surface area contributed by atoms with E-state index in [1.807, 2.05) is 13.8 Å². The van der Waals surface area contributed by atoms with Crippen LogP contribution >= 0.6 is 0 Å². The molecule has 0 saturated carbocycles. The molecule has 1 aromatic rings. The maximum atomic E-state index is 12.5. The summed E-state index contributed by atoms with van der Waals surface area (Å²) in [4.78, 5) is 24.4. The molecule has 120 valence electrons. The molecule has 0 aromatic heterocycles. The van der Waals surface area contributed by atoms with E-state index < -0.39 is 12.0 Å². The van der Waals surface area contributed by atoms with Crippen molar-refractivity contribution in [3.8, 4) is 11.5 Å². The summed E-state index contributed by atoms with van der Waals surface area (Å²) in [7, 11) is 0. The second-order valence-corrected chi connectivity index (χ2v) is 5.28. The predicted molar refractivity (Wildman–Crippen MR) is 80.2 cm³/mol. The van der Waals surface area contributed by atoms with Crippen LogP contribution < -0.4 is 14.8 Å². The number of para-hydroxylation sites is 1. The van der Waals surface area contributed by atoms with E-state index in [4.69, 9.17) is 14.2 Å². The molecule has 0 radical (unpaired) electrons. The Morgan fingerprint density at radius 3 is 2.68 bits per heavy atom. The summed E-state index contributed by atoms with van der Waals surface area (Å²) in [6.45, 7) is 6.55. The average Bonchev–Trinajstić information content (AvgIpc) is 2.51. The summed E-state index contributed by atoms with van der Waals surface area (Å²) in [6.07, 6.45) is 0. The number of amides is 1. The fraction of sp³-hybridized carbons (Fsp3) is 0.500. The maximum Gasteiger partial charge on any atom is 0.328 e. The van der Waals surface area contributed by atoms with Crippen LogP contribution in [0.5, 0.6) is 11.5 Å². The molecule has 0 bridgehead atoms. The van der Waals surface area contributed by atoms with Crippen LogP contribution in [0, 0.1) is 5.92 Å². The highest BCUT2D eigenvalue weighted by Gasteiger charge is 2.28. The van der Waals surface area contributed by atoms with Crippen LogP contribution in [-0.4, -0.2) is 37.7 Å². The van der Waals surface area contributed by atoms with E-state index in [0.29, 0.717) is 30.3 Å². The molecule has 1 N–H and O–H groups in total. The molecule has 22 heavy (non-hydrogen) atoms. The first-order valence-corrected chi connectivity index (χ1v) is 7.40. The zero-order valence-corrected chi connectivity index (χ0v) is 13.0. The van der Waals surface area contributed by atoms with Gasteiger partial charge in [-0.3, -0.25) is 4.79 Å². The zero-order valence-electron chi connectivity index (χ0n) is 13.0. The zero-order chi connectivity index (χ0) is 16.1. The van der Waals surface area contributed by atoms with E-state index in [9.17, 15) is 9.59 Å². The smallest absolute Gasteiger partial charge is 0.328 e. The highest BCUT2D eigenvalue weighted by atomic mass is 16.6. The molecule has 1 aliphatic heterocycles. The van der Waals surface area contributed by atoms with Gasteiger partial charge in [0, 0.05) is 0 Å². The molecule has 0 saturated heterocycles. The van der Waals surface area contributed by atoms with E-state index in [2.05, 4.69) is 5.32 Å². The van der Waals surface area contributed by atoms with E-state index in [-0.39, 0.29) is 18.4 Å². The lowest BCUT2D eigenvalue weighted by Gasteiger charge is -2.23. The molecule has 0 aliphatic carbocycles. The van der Waals surface area contributed by atoms with Gasteiger partial charge in [0.25, 0.3) is 5.91 Å². The molecule has 6 heteroatoms.